The van der Waals surface area contributed by atoms with E-state index >= 15 is 8.78 Å². The molecule has 3 rings (SSSR count). The fourth-order valence-corrected chi connectivity index (χ4v) is 5.53. The molecule has 2 saturated heterocycles. The van der Waals surface area contributed by atoms with Crippen LogP contribution < -0.4 is 0 Å². The van der Waals surface area contributed by atoms with Gasteiger partial charge in [-0.3, -0.25) is 19.0 Å². The van der Waals surface area contributed by atoms with Crippen LogP contribution in [0.1, 0.15) is 20.3 Å². The highest BCUT2D eigenvalue weighted by atomic mass is 32.5. The molecule has 0 saturated carbocycles. The van der Waals surface area contributed by atoms with Crippen LogP contribution in [-0.4, -0.2) is 59.6 Å². The van der Waals surface area contributed by atoms with Gasteiger partial charge in [0.15, 0.2) is 17.5 Å². The van der Waals surface area contributed by atoms with Gasteiger partial charge in [0.1, 0.15) is 0 Å². The molecule has 0 aromatic rings. The number of allylic oxidation sites excluding steroid dienone is 1. The lowest BCUT2D eigenvalue weighted by atomic mass is 9.95. The first kappa shape index (κ1) is 21.7. The highest BCUT2D eigenvalue weighted by Gasteiger charge is 2.75. The Balaban J connectivity index is 2.01. The van der Waals surface area contributed by atoms with Crippen LogP contribution in [0.25, 0.3) is 0 Å². The molecule has 3 heterocycles. The van der Waals surface area contributed by atoms with Crippen molar-refractivity contribution in [3.05, 3.63) is 12.0 Å². The predicted octanol–water partition coefficient (Wildman–Crippen LogP) is 2.66. The molecule has 0 aromatic heterocycles. The largest absolute Gasteiger partial charge is 0.333 e. The van der Waals surface area contributed by atoms with Gasteiger partial charge in [-0.1, -0.05) is 0 Å². The molecule has 3 aliphatic rings. The molecule has 2 fully saturated rings. The van der Waals surface area contributed by atoms with E-state index in [9.17, 15) is 22.8 Å². The quantitative estimate of drug-likeness (QED) is 0.370. The number of amides is 1. The molecule has 0 N–H and O–H groups in total. The minimum absolute atomic E-state index is 0.0787. The van der Waals surface area contributed by atoms with Crippen molar-refractivity contribution >= 4 is 30.2 Å². The number of halogens is 5. The van der Waals surface area contributed by atoms with E-state index < -0.39 is 73.6 Å². The number of Topliss-reactive ketones (excluding diaryl/α,β-unsaturated/α-hetero) is 1. The van der Waals surface area contributed by atoms with Gasteiger partial charge >= 0.3 is 12.6 Å². The molecule has 0 aliphatic carbocycles. The Morgan fingerprint density at radius 2 is 2.00 bits per heavy atom. The van der Waals surface area contributed by atoms with Gasteiger partial charge in [0, 0.05) is 6.20 Å². The van der Waals surface area contributed by atoms with Crippen molar-refractivity contribution in [1.82, 2.24) is 4.90 Å². The fourth-order valence-electron chi connectivity index (χ4n) is 2.97. The molecule has 158 valence electrons. The number of rotatable bonds is 4. The summed E-state index contributed by atoms with van der Waals surface area (Å²) in [4.78, 5) is 23.3. The van der Waals surface area contributed by atoms with E-state index in [2.05, 4.69) is 0 Å². The third-order valence-corrected chi connectivity index (χ3v) is 6.64. The van der Waals surface area contributed by atoms with E-state index in [4.69, 9.17) is 30.1 Å². The first-order valence-corrected chi connectivity index (χ1v) is 10.5. The third-order valence-electron chi connectivity index (χ3n) is 4.22. The Morgan fingerprint density at radius 3 is 2.57 bits per heavy atom. The van der Waals surface area contributed by atoms with E-state index in [-0.39, 0.29) is 11.1 Å². The fraction of sp³-hybridized carbons (Fsp3) is 0.714. The Hall–Kier alpha value is -0.980. The number of fused-ring (bicyclic) bond motifs is 1. The molecule has 28 heavy (non-hydrogen) atoms. The summed E-state index contributed by atoms with van der Waals surface area (Å²) in [6.45, 7) is -1.87. The van der Waals surface area contributed by atoms with Crippen molar-refractivity contribution in [2.45, 2.75) is 56.7 Å². The summed E-state index contributed by atoms with van der Waals surface area (Å²) >= 11 is 4.96. The van der Waals surface area contributed by atoms with E-state index in [1.165, 1.54) is 13.8 Å². The highest BCUT2D eigenvalue weighted by molar-refractivity contribution is 8.07. The van der Waals surface area contributed by atoms with Gasteiger partial charge in [0.05, 0.1) is 19.1 Å². The van der Waals surface area contributed by atoms with Crippen LogP contribution >= 0.6 is 6.72 Å². The number of alkyl halides is 4. The third kappa shape index (κ3) is 3.41. The zero-order valence-electron chi connectivity index (χ0n) is 14.4. The van der Waals surface area contributed by atoms with Crippen molar-refractivity contribution in [2.24, 2.45) is 0 Å². The average Bonchev–Trinajstić information content (AvgIpc) is 2.79. The van der Waals surface area contributed by atoms with Crippen molar-refractivity contribution in [3.63, 3.8) is 0 Å². The molecular formula is C14H15F5NO6PS. The van der Waals surface area contributed by atoms with Gasteiger partial charge in [0.25, 0.3) is 6.43 Å². The molecule has 0 bridgehead atoms. The zero-order chi connectivity index (χ0) is 21.1. The van der Waals surface area contributed by atoms with Gasteiger partial charge in [-0.05, 0) is 25.7 Å². The summed E-state index contributed by atoms with van der Waals surface area (Å²) in [5.41, 5.74) is -2.97. The number of hydrogen-bond donors (Lipinski definition) is 0. The van der Waals surface area contributed by atoms with Crippen LogP contribution in [0.3, 0.4) is 0 Å². The topological polar surface area (TPSA) is 74.3 Å². The van der Waals surface area contributed by atoms with Gasteiger partial charge in [-0.15, -0.1) is 0 Å². The first-order chi connectivity index (χ1) is 12.8. The summed E-state index contributed by atoms with van der Waals surface area (Å²) in [5.74, 6) is -8.18. The van der Waals surface area contributed by atoms with Crippen LogP contribution in [0.2, 0.25) is 0 Å². The predicted molar refractivity (Wildman–Crippen MR) is 85.5 cm³/mol. The molecule has 0 aromatic carbocycles. The lowest BCUT2D eigenvalue weighted by Crippen LogP contribution is -2.58. The molecule has 1 unspecified atom stereocenters. The lowest BCUT2D eigenvalue weighted by molar-refractivity contribution is -0.210. The van der Waals surface area contributed by atoms with Crippen LogP contribution in [0.4, 0.5) is 22.0 Å². The number of ether oxygens (including phenoxy) is 1. The number of nitrogens with zero attached hydrogens (tertiary/aromatic N) is 1. The second kappa shape index (κ2) is 7.06. The Labute approximate surface area is 161 Å². The lowest BCUT2D eigenvalue weighted by Gasteiger charge is -2.41. The van der Waals surface area contributed by atoms with Gasteiger partial charge < -0.3 is 13.8 Å². The van der Waals surface area contributed by atoms with Gasteiger partial charge in [0.2, 0.25) is 17.9 Å². The summed E-state index contributed by atoms with van der Waals surface area (Å²) in [6.07, 6.45) is -10.2. The molecule has 1 amide bonds. The van der Waals surface area contributed by atoms with Gasteiger partial charge in [-0.2, -0.15) is 8.78 Å². The first-order valence-electron chi connectivity index (χ1n) is 7.99. The monoisotopic (exact) mass is 451 g/mol. The Bertz CT molecular complexity index is 779. The number of ketones is 1. The number of carbonyl (C=O) groups is 2. The van der Waals surface area contributed by atoms with Crippen LogP contribution in [0.15, 0.2) is 12.0 Å². The summed E-state index contributed by atoms with van der Waals surface area (Å²) in [6, 6.07) is 0. The van der Waals surface area contributed by atoms with Crippen molar-refractivity contribution in [3.8, 4) is 0 Å². The maximum Gasteiger partial charge on any atom is 0.328 e. The van der Waals surface area contributed by atoms with Crippen LogP contribution in [-0.2, 0) is 39.7 Å². The maximum absolute atomic E-state index is 15.1. The normalized spacial score (nSPS) is 38.2. The summed E-state index contributed by atoms with van der Waals surface area (Å²) in [7, 11) is 0. The standard InChI is InChI=1S/C14H15F5NO6PS/c1-6(2)25-27(28)23-5-13(11(16)17)10(26-27)14(18,19)12(24-13)20-4-7(15)8(21)3-9(20)22/h4,6,10-12H,3,5H2,1-2H3/t10-,12-,13-,27?/m1/s1. The molecule has 0 spiro atoms. The van der Waals surface area contributed by atoms with E-state index in [1.54, 1.807) is 0 Å². The summed E-state index contributed by atoms with van der Waals surface area (Å²) in [5, 5.41) is 0. The molecule has 4 atom stereocenters. The second-order valence-electron chi connectivity index (χ2n) is 6.64. The summed E-state index contributed by atoms with van der Waals surface area (Å²) < 4.78 is 91.3. The molecule has 14 heteroatoms. The maximum atomic E-state index is 15.1. The van der Waals surface area contributed by atoms with Crippen molar-refractivity contribution < 1.29 is 49.8 Å². The Kier molecular flexibility index (Phi) is 5.48. The minimum Gasteiger partial charge on any atom is -0.333 e. The molecule has 0 radical (unpaired) electrons. The minimum atomic E-state index is -4.24. The van der Waals surface area contributed by atoms with Crippen molar-refractivity contribution in [1.29, 1.82) is 0 Å². The zero-order valence-corrected chi connectivity index (χ0v) is 16.2. The van der Waals surface area contributed by atoms with E-state index in [0.29, 0.717) is 0 Å². The number of carbonyl (C=O) groups excluding carboxylic acids is 2. The van der Waals surface area contributed by atoms with Crippen molar-refractivity contribution in [2.75, 3.05) is 6.61 Å². The highest BCUT2D eigenvalue weighted by Crippen LogP contribution is 2.63. The SMILES string of the molecule is CC(C)OP1(=S)OC[C@@]2(C(F)F)O[C@@H](N3C=C(F)C(=O)CC3=O)C(F)(F)[C@@H]2O1. The Morgan fingerprint density at radius 1 is 1.36 bits per heavy atom. The molecule has 3 aliphatic heterocycles. The number of hydrogen-bond acceptors (Lipinski definition) is 7. The molecule has 7 nitrogen and oxygen atoms in total. The smallest absolute Gasteiger partial charge is 0.328 e. The van der Waals surface area contributed by atoms with Crippen LogP contribution in [0, 0.1) is 0 Å². The average molecular weight is 451 g/mol. The van der Waals surface area contributed by atoms with Gasteiger partial charge in [-0.25, -0.2) is 13.2 Å². The van der Waals surface area contributed by atoms with E-state index in [1.807, 2.05) is 0 Å². The second-order valence-corrected chi connectivity index (χ2v) is 9.55. The van der Waals surface area contributed by atoms with Crippen LogP contribution in [0.5, 0.6) is 0 Å². The molecular weight excluding hydrogens is 436 g/mol. The van der Waals surface area contributed by atoms with E-state index in [0.717, 1.165) is 0 Å².